The topological polar surface area (TPSA) is 123 Å². The fourth-order valence-electron chi connectivity index (χ4n) is 4.92. The highest BCUT2D eigenvalue weighted by molar-refractivity contribution is 6.31. The third-order valence-corrected chi connectivity index (χ3v) is 6.99. The highest BCUT2D eigenvalue weighted by atomic mass is 35.5. The fraction of sp³-hybridized carbons (Fsp3) is 0.346. The zero-order valence-corrected chi connectivity index (χ0v) is 21.4. The number of amides is 2. The van der Waals surface area contributed by atoms with Gasteiger partial charge in [-0.05, 0) is 50.0 Å². The maximum absolute atomic E-state index is 15.0. The van der Waals surface area contributed by atoms with Gasteiger partial charge >= 0.3 is 5.97 Å². The second-order valence-electron chi connectivity index (χ2n) is 8.98. The van der Waals surface area contributed by atoms with Crippen molar-refractivity contribution >= 4 is 52.2 Å². The quantitative estimate of drug-likeness (QED) is 0.320. The van der Waals surface area contributed by atoms with Crippen LogP contribution >= 0.6 is 11.6 Å². The molecule has 2 aliphatic rings. The smallest absolute Gasteiger partial charge is 0.329 e. The molecule has 1 saturated heterocycles. The van der Waals surface area contributed by atoms with Crippen molar-refractivity contribution < 1.29 is 32.7 Å². The van der Waals surface area contributed by atoms with Gasteiger partial charge < -0.3 is 15.4 Å². The largest absolute Gasteiger partial charge is 0.456 e. The van der Waals surface area contributed by atoms with Crippen molar-refractivity contribution in [1.82, 2.24) is 9.88 Å². The molecular formula is C26H25ClF2N4O5. The summed E-state index contributed by atoms with van der Waals surface area (Å²) in [5, 5.41) is -0.121. The van der Waals surface area contributed by atoms with Gasteiger partial charge in [0.05, 0.1) is 10.6 Å². The van der Waals surface area contributed by atoms with E-state index in [2.05, 4.69) is 4.98 Å². The monoisotopic (exact) mass is 546 g/mol. The summed E-state index contributed by atoms with van der Waals surface area (Å²) in [7, 11) is 0. The molecule has 38 heavy (non-hydrogen) atoms. The Morgan fingerprint density at radius 2 is 1.95 bits per heavy atom. The predicted molar refractivity (Wildman–Crippen MR) is 135 cm³/mol. The molecule has 3 heterocycles. The van der Waals surface area contributed by atoms with Gasteiger partial charge in [-0.25, -0.2) is 18.6 Å². The van der Waals surface area contributed by atoms with E-state index in [1.165, 1.54) is 36.2 Å². The van der Waals surface area contributed by atoms with Crippen molar-refractivity contribution in [3.05, 3.63) is 58.3 Å². The number of hydrogen-bond acceptors (Lipinski definition) is 7. The molecule has 0 aliphatic carbocycles. The van der Waals surface area contributed by atoms with Gasteiger partial charge in [0.15, 0.2) is 24.1 Å². The van der Waals surface area contributed by atoms with E-state index in [0.717, 1.165) is 11.0 Å². The van der Waals surface area contributed by atoms with Crippen LogP contribution in [0, 0.1) is 11.6 Å². The van der Waals surface area contributed by atoms with Gasteiger partial charge in [0.25, 0.3) is 0 Å². The van der Waals surface area contributed by atoms with E-state index in [-0.39, 0.29) is 47.0 Å². The Balaban J connectivity index is 1.46. The molecule has 0 bridgehead atoms. The third kappa shape index (κ3) is 4.98. The first-order valence-corrected chi connectivity index (χ1v) is 12.3. The zero-order chi connectivity index (χ0) is 27.7. The van der Waals surface area contributed by atoms with Crippen LogP contribution in [0.2, 0.25) is 5.02 Å². The summed E-state index contributed by atoms with van der Waals surface area (Å²) in [5.74, 6) is -4.62. The minimum atomic E-state index is -0.997. The van der Waals surface area contributed by atoms with E-state index >= 15 is 0 Å². The van der Waals surface area contributed by atoms with Crippen LogP contribution in [0.5, 0.6) is 0 Å². The van der Waals surface area contributed by atoms with Gasteiger partial charge in [0.2, 0.25) is 17.6 Å². The first-order valence-electron chi connectivity index (χ1n) is 11.9. The Hall–Kier alpha value is -3.86. The lowest BCUT2D eigenvalue weighted by molar-refractivity contribution is -0.152. The number of nitrogens with zero attached hydrogens (tertiary/aromatic N) is 3. The molecule has 0 saturated carbocycles. The predicted octanol–water partition coefficient (Wildman–Crippen LogP) is 3.54. The molecule has 200 valence electrons. The van der Waals surface area contributed by atoms with Crippen LogP contribution in [0.4, 0.5) is 20.3 Å². The van der Waals surface area contributed by atoms with E-state index < -0.39 is 53.9 Å². The van der Waals surface area contributed by atoms with Crippen LogP contribution < -0.4 is 10.6 Å². The van der Waals surface area contributed by atoms with Gasteiger partial charge in [-0.1, -0.05) is 11.6 Å². The summed E-state index contributed by atoms with van der Waals surface area (Å²) in [6.45, 7) is 2.26. The molecular weight excluding hydrogens is 522 g/mol. The number of nitrogen functional groups attached to an aromatic ring is 1. The highest BCUT2D eigenvalue weighted by Gasteiger charge is 2.44. The number of benzene rings is 1. The van der Waals surface area contributed by atoms with Crippen LogP contribution in [-0.2, 0) is 19.1 Å². The molecule has 2 N–H and O–H groups in total. The molecule has 12 heteroatoms. The van der Waals surface area contributed by atoms with Crippen molar-refractivity contribution in [2.24, 2.45) is 0 Å². The molecule has 9 nitrogen and oxygen atoms in total. The van der Waals surface area contributed by atoms with Gasteiger partial charge in [-0.2, -0.15) is 0 Å². The number of nitrogens with two attached hydrogens (primary N) is 1. The number of carbonyl (C=O) groups excluding carboxylic acids is 4. The second-order valence-corrected chi connectivity index (χ2v) is 9.39. The van der Waals surface area contributed by atoms with Gasteiger partial charge in [-0.15, -0.1) is 0 Å². The number of Topliss-reactive ketones (excluding diaryl/α,β-unsaturated/α-hetero) is 1. The molecule has 2 amide bonds. The maximum atomic E-state index is 15.0. The molecule has 1 fully saturated rings. The Bertz CT molecular complexity index is 1370. The summed E-state index contributed by atoms with van der Waals surface area (Å²) in [5.41, 5.74) is 6.14. The molecule has 1 unspecified atom stereocenters. The molecule has 4 rings (SSSR count). The molecule has 1 aromatic carbocycles. The first-order chi connectivity index (χ1) is 18.0. The SMILES string of the molecule is CCN(C(C)=O)c1nccc(C(=O)COC(=O)[C@H]2CCC3CC(c4c(N)ccc(Cl)c4F)=CC(=O)N32)c1F. The van der Waals surface area contributed by atoms with E-state index in [1.807, 2.05) is 0 Å². The van der Waals surface area contributed by atoms with Crippen LogP contribution in [-0.4, -0.2) is 58.7 Å². The Morgan fingerprint density at radius 1 is 1.21 bits per heavy atom. The lowest BCUT2D eigenvalue weighted by Crippen LogP contribution is -2.47. The summed E-state index contributed by atoms with van der Waals surface area (Å²) >= 11 is 5.89. The number of carbonyl (C=O) groups is 4. The number of halogens is 3. The summed E-state index contributed by atoms with van der Waals surface area (Å²) in [6, 6.07) is 2.57. The summed E-state index contributed by atoms with van der Waals surface area (Å²) < 4.78 is 34.8. The Labute approximate surface area is 222 Å². The summed E-state index contributed by atoms with van der Waals surface area (Å²) in [4.78, 5) is 56.5. The third-order valence-electron chi connectivity index (χ3n) is 6.70. The minimum Gasteiger partial charge on any atom is -0.456 e. The molecule has 2 aromatic rings. The van der Waals surface area contributed by atoms with E-state index in [0.29, 0.717) is 12.0 Å². The van der Waals surface area contributed by atoms with Crippen LogP contribution in [0.15, 0.2) is 30.5 Å². The molecule has 0 radical (unpaired) electrons. The van der Waals surface area contributed by atoms with Crippen LogP contribution in [0.1, 0.15) is 49.0 Å². The Kier molecular flexibility index (Phi) is 7.77. The van der Waals surface area contributed by atoms with Crippen LogP contribution in [0.3, 0.4) is 0 Å². The average Bonchev–Trinajstić information content (AvgIpc) is 3.31. The van der Waals surface area contributed by atoms with Gasteiger partial charge in [-0.3, -0.25) is 19.3 Å². The zero-order valence-electron chi connectivity index (χ0n) is 20.7. The van der Waals surface area contributed by atoms with Crippen LogP contribution in [0.25, 0.3) is 5.57 Å². The van der Waals surface area contributed by atoms with E-state index in [1.54, 1.807) is 6.92 Å². The fourth-order valence-corrected chi connectivity index (χ4v) is 5.08. The van der Waals surface area contributed by atoms with Crippen molar-refractivity contribution in [3.8, 4) is 0 Å². The number of aromatic nitrogens is 1. The van der Waals surface area contributed by atoms with Crippen molar-refractivity contribution in [2.75, 3.05) is 23.8 Å². The number of anilines is 2. The van der Waals surface area contributed by atoms with E-state index in [4.69, 9.17) is 22.1 Å². The van der Waals surface area contributed by atoms with Crippen molar-refractivity contribution in [2.45, 2.75) is 45.2 Å². The van der Waals surface area contributed by atoms with Gasteiger partial charge in [0.1, 0.15) is 6.04 Å². The first kappa shape index (κ1) is 27.2. The number of ketones is 1. The lowest BCUT2D eigenvalue weighted by atomic mass is 9.92. The number of esters is 1. The molecule has 2 aliphatic heterocycles. The summed E-state index contributed by atoms with van der Waals surface area (Å²) in [6.07, 6.45) is 3.38. The number of hydrogen-bond donors (Lipinski definition) is 1. The molecule has 0 spiro atoms. The second kappa shape index (κ2) is 10.9. The van der Waals surface area contributed by atoms with Gasteiger partial charge in [0, 0.05) is 43.0 Å². The number of ether oxygens (including phenoxy) is 1. The highest BCUT2D eigenvalue weighted by Crippen LogP contribution is 2.40. The van der Waals surface area contributed by atoms with Crippen molar-refractivity contribution in [3.63, 3.8) is 0 Å². The number of rotatable bonds is 7. The lowest BCUT2D eigenvalue weighted by Gasteiger charge is -2.33. The molecule has 1 aromatic heterocycles. The number of fused-ring (bicyclic) bond motifs is 1. The normalized spacial score (nSPS) is 18.6. The minimum absolute atomic E-state index is 0.0623. The van der Waals surface area contributed by atoms with Crippen molar-refractivity contribution in [1.29, 1.82) is 0 Å². The number of pyridine rings is 1. The standard InChI is InChI=1S/C26H25ClF2N4O5/c1-3-32(13(2)34)25-23(28)16(8-9-31-25)20(35)12-38-26(37)19-7-4-15-10-14(11-21(36)33(15)19)22-18(30)6-5-17(27)24(22)29/h5-6,8-9,11,15,19H,3-4,7,10,12,30H2,1-2H3/t15?,19-/m1/s1. The average molecular weight is 547 g/mol. The Morgan fingerprint density at radius 3 is 2.63 bits per heavy atom. The van der Waals surface area contributed by atoms with E-state index in [9.17, 15) is 28.0 Å². The maximum Gasteiger partial charge on any atom is 0.329 e. The molecule has 2 atom stereocenters.